The van der Waals surface area contributed by atoms with Gasteiger partial charge in [0, 0.05) is 17.7 Å². The zero-order valence-electron chi connectivity index (χ0n) is 13.6. The number of benzene rings is 3. The molecule has 0 atom stereocenters. The number of rotatable bonds is 3. The Labute approximate surface area is 145 Å². The Kier molecular flexibility index (Phi) is 3.58. The van der Waals surface area contributed by atoms with E-state index in [9.17, 15) is 10.1 Å². The minimum absolute atomic E-state index is 0.0949. The molecule has 1 aliphatic rings. The van der Waals surface area contributed by atoms with Gasteiger partial charge in [0.25, 0.3) is 5.69 Å². The topological polar surface area (TPSA) is 52.4 Å². The van der Waals surface area contributed by atoms with Gasteiger partial charge in [-0.1, -0.05) is 42.5 Å². The molecule has 3 aromatic rings. The van der Waals surface area contributed by atoms with Crippen LogP contribution in [0.1, 0.15) is 16.7 Å². The highest BCUT2D eigenvalue weighted by Crippen LogP contribution is 2.46. The van der Waals surface area contributed by atoms with E-state index in [1.54, 1.807) is 19.2 Å². The predicted molar refractivity (Wildman–Crippen MR) is 98.5 cm³/mol. The van der Waals surface area contributed by atoms with E-state index in [1.165, 1.54) is 0 Å². The molecule has 0 unspecified atom stereocenters. The number of nitro groups is 1. The third-order valence-corrected chi connectivity index (χ3v) is 4.45. The standard InChI is InChI=1S/C21H15NO3/c1-25-21-9-5-2-6-14(21)12-19-17-8-4-3-7-16(17)18-11-10-15(22(23)24)13-20(18)19/h2-13H,1H3. The van der Waals surface area contributed by atoms with Crippen molar-refractivity contribution in [3.63, 3.8) is 0 Å². The molecular weight excluding hydrogens is 314 g/mol. The summed E-state index contributed by atoms with van der Waals surface area (Å²) in [5, 5.41) is 11.2. The van der Waals surface area contributed by atoms with Crippen LogP contribution in [0.5, 0.6) is 5.75 Å². The molecule has 4 heteroatoms. The van der Waals surface area contributed by atoms with Gasteiger partial charge in [-0.3, -0.25) is 10.1 Å². The molecule has 0 saturated heterocycles. The van der Waals surface area contributed by atoms with E-state index in [2.05, 4.69) is 0 Å². The molecule has 0 radical (unpaired) electrons. The first-order chi connectivity index (χ1) is 12.2. The molecule has 0 aromatic heterocycles. The van der Waals surface area contributed by atoms with E-state index in [4.69, 9.17) is 4.74 Å². The van der Waals surface area contributed by atoms with E-state index in [1.807, 2.05) is 60.7 Å². The monoisotopic (exact) mass is 329 g/mol. The Morgan fingerprint density at radius 2 is 1.56 bits per heavy atom. The normalized spacial score (nSPS) is 13.4. The van der Waals surface area contributed by atoms with Crippen molar-refractivity contribution in [3.8, 4) is 16.9 Å². The van der Waals surface area contributed by atoms with Crippen molar-refractivity contribution in [2.75, 3.05) is 7.11 Å². The van der Waals surface area contributed by atoms with Gasteiger partial charge in [-0.2, -0.15) is 0 Å². The number of nitro benzene ring substituents is 1. The second-order valence-corrected chi connectivity index (χ2v) is 5.83. The second kappa shape index (κ2) is 5.91. The fraction of sp³-hybridized carbons (Fsp3) is 0.0476. The quantitative estimate of drug-likeness (QED) is 0.385. The lowest BCUT2D eigenvalue weighted by molar-refractivity contribution is -0.384. The zero-order chi connectivity index (χ0) is 17.4. The van der Waals surface area contributed by atoms with Crippen LogP contribution < -0.4 is 4.74 Å². The molecule has 0 spiro atoms. The second-order valence-electron chi connectivity index (χ2n) is 5.83. The van der Waals surface area contributed by atoms with Gasteiger partial charge in [0.15, 0.2) is 0 Å². The van der Waals surface area contributed by atoms with Crippen LogP contribution in [0.3, 0.4) is 0 Å². The number of non-ortho nitro benzene ring substituents is 1. The van der Waals surface area contributed by atoms with Gasteiger partial charge in [-0.25, -0.2) is 0 Å². The molecule has 122 valence electrons. The maximum Gasteiger partial charge on any atom is 0.270 e. The molecule has 25 heavy (non-hydrogen) atoms. The summed E-state index contributed by atoms with van der Waals surface area (Å²) in [6, 6.07) is 20.8. The van der Waals surface area contributed by atoms with E-state index >= 15 is 0 Å². The lowest BCUT2D eigenvalue weighted by Gasteiger charge is -2.07. The summed E-state index contributed by atoms with van der Waals surface area (Å²) in [5.41, 5.74) is 6.06. The Morgan fingerprint density at radius 3 is 2.32 bits per heavy atom. The summed E-state index contributed by atoms with van der Waals surface area (Å²) in [6.07, 6.45) is 2.03. The largest absolute Gasteiger partial charge is 0.496 e. The fourth-order valence-electron chi connectivity index (χ4n) is 3.30. The highest BCUT2D eigenvalue weighted by Gasteiger charge is 2.25. The minimum Gasteiger partial charge on any atom is -0.496 e. The van der Waals surface area contributed by atoms with E-state index in [-0.39, 0.29) is 10.6 Å². The molecular formula is C21H15NO3. The van der Waals surface area contributed by atoms with Crippen molar-refractivity contribution in [3.05, 3.63) is 93.5 Å². The molecule has 0 saturated carbocycles. The van der Waals surface area contributed by atoms with Gasteiger partial charge in [0.2, 0.25) is 0 Å². The van der Waals surface area contributed by atoms with Gasteiger partial charge in [0.1, 0.15) is 5.75 Å². The molecule has 0 heterocycles. The first-order valence-corrected chi connectivity index (χ1v) is 7.92. The van der Waals surface area contributed by atoms with Crippen LogP contribution in [0.2, 0.25) is 0 Å². The van der Waals surface area contributed by atoms with Gasteiger partial charge >= 0.3 is 0 Å². The Hall–Kier alpha value is -3.40. The molecule has 3 aromatic carbocycles. The van der Waals surface area contributed by atoms with E-state index in [0.717, 1.165) is 39.1 Å². The number of para-hydroxylation sites is 1. The summed E-state index contributed by atoms with van der Waals surface area (Å²) in [4.78, 5) is 10.8. The predicted octanol–water partition coefficient (Wildman–Crippen LogP) is 5.17. The number of hydrogen-bond acceptors (Lipinski definition) is 3. The third-order valence-electron chi connectivity index (χ3n) is 4.45. The minimum atomic E-state index is -0.357. The average molecular weight is 329 g/mol. The zero-order valence-corrected chi connectivity index (χ0v) is 13.6. The van der Waals surface area contributed by atoms with Crippen molar-refractivity contribution in [1.82, 2.24) is 0 Å². The van der Waals surface area contributed by atoms with Crippen molar-refractivity contribution in [1.29, 1.82) is 0 Å². The van der Waals surface area contributed by atoms with Crippen molar-refractivity contribution in [2.24, 2.45) is 0 Å². The summed E-state index contributed by atoms with van der Waals surface area (Å²) < 4.78 is 5.44. The molecule has 0 N–H and O–H groups in total. The van der Waals surface area contributed by atoms with E-state index in [0.29, 0.717) is 0 Å². The lowest BCUT2D eigenvalue weighted by Crippen LogP contribution is -1.90. The first-order valence-electron chi connectivity index (χ1n) is 7.92. The van der Waals surface area contributed by atoms with Gasteiger partial charge in [-0.15, -0.1) is 0 Å². The van der Waals surface area contributed by atoms with Crippen molar-refractivity contribution < 1.29 is 9.66 Å². The summed E-state index contributed by atoms with van der Waals surface area (Å²) >= 11 is 0. The maximum absolute atomic E-state index is 11.2. The number of hydrogen-bond donors (Lipinski definition) is 0. The number of fused-ring (bicyclic) bond motifs is 3. The Bertz CT molecular complexity index is 1020. The molecule has 0 fully saturated rings. The van der Waals surface area contributed by atoms with Crippen LogP contribution in [0.15, 0.2) is 66.7 Å². The van der Waals surface area contributed by atoms with Crippen LogP contribution in [0.25, 0.3) is 22.8 Å². The van der Waals surface area contributed by atoms with Crippen LogP contribution in [-0.4, -0.2) is 12.0 Å². The van der Waals surface area contributed by atoms with Gasteiger partial charge in [-0.05, 0) is 46.0 Å². The van der Waals surface area contributed by atoms with E-state index < -0.39 is 0 Å². The fourth-order valence-corrected chi connectivity index (χ4v) is 3.30. The van der Waals surface area contributed by atoms with Gasteiger partial charge in [0.05, 0.1) is 12.0 Å². The molecule has 1 aliphatic carbocycles. The van der Waals surface area contributed by atoms with Crippen molar-refractivity contribution in [2.45, 2.75) is 0 Å². The molecule has 0 bridgehead atoms. The number of ether oxygens (including phenoxy) is 1. The highest BCUT2D eigenvalue weighted by atomic mass is 16.6. The molecule has 4 rings (SSSR count). The molecule has 0 amide bonds. The molecule has 4 nitrogen and oxygen atoms in total. The summed E-state index contributed by atoms with van der Waals surface area (Å²) in [7, 11) is 1.64. The van der Waals surface area contributed by atoms with Crippen LogP contribution >= 0.6 is 0 Å². The SMILES string of the molecule is COc1ccccc1C=C1c2ccccc2-c2ccc([N+](=O)[O-])cc21. The lowest BCUT2D eigenvalue weighted by atomic mass is 10.0. The van der Waals surface area contributed by atoms with Crippen molar-refractivity contribution >= 4 is 17.3 Å². The maximum atomic E-state index is 11.2. The summed E-state index contributed by atoms with van der Waals surface area (Å²) in [6.45, 7) is 0. The first kappa shape index (κ1) is 15.1. The third kappa shape index (κ3) is 2.48. The Balaban J connectivity index is 1.98. The van der Waals surface area contributed by atoms with Gasteiger partial charge < -0.3 is 4.74 Å². The smallest absolute Gasteiger partial charge is 0.270 e. The highest BCUT2D eigenvalue weighted by molar-refractivity contribution is 6.07. The average Bonchev–Trinajstić information content (AvgIpc) is 2.96. The van der Waals surface area contributed by atoms with Crippen LogP contribution in [0, 0.1) is 10.1 Å². The summed E-state index contributed by atoms with van der Waals surface area (Å²) in [5.74, 6) is 0.770. The Morgan fingerprint density at radius 1 is 0.880 bits per heavy atom. The van der Waals surface area contributed by atoms with Crippen LogP contribution in [-0.2, 0) is 0 Å². The number of methoxy groups -OCH3 is 1. The number of nitrogens with zero attached hydrogens (tertiary/aromatic N) is 1. The molecule has 0 aliphatic heterocycles. The van der Waals surface area contributed by atoms with Crippen LogP contribution in [0.4, 0.5) is 5.69 Å².